The van der Waals surface area contributed by atoms with Gasteiger partial charge in [0.25, 0.3) is 0 Å². The van der Waals surface area contributed by atoms with Crippen LogP contribution in [0.5, 0.6) is 0 Å². The minimum Gasteiger partial charge on any atom is -0.465 e. The van der Waals surface area contributed by atoms with Crippen LogP contribution in [-0.4, -0.2) is 78.2 Å². The molecule has 172 valence electrons. The zero-order valence-corrected chi connectivity index (χ0v) is 21.0. The molecule has 0 aliphatic carbocycles. The van der Waals surface area contributed by atoms with Crippen LogP contribution in [0.2, 0.25) is 0 Å². The molecule has 2 aliphatic heterocycles. The van der Waals surface area contributed by atoms with Crippen molar-refractivity contribution in [3.8, 4) is 0 Å². The zero-order chi connectivity index (χ0) is 20.8. The molecule has 1 atom stereocenters. The second-order valence-electron chi connectivity index (χ2n) is 8.16. The van der Waals surface area contributed by atoms with Gasteiger partial charge in [-0.2, -0.15) is 0 Å². The number of aromatic nitrogens is 1. The van der Waals surface area contributed by atoms with Gasteiger partial charge in [-0.3, -0.25) is 14.8 Å². The topological polar surface area (TPSA) is 73.3 Å². The highest BCUT2D eigenvalue weighted by Gasteiger charge is 2.27. The van der Waals surface area contributed by atoms with Crippen molar-refractivity contribution in [2.24, 2.45) is 4.99 Å². The molecule has 0 amide bonds. The summed E-state index contributed by atoms with van der Waals surface area (Å²) in [5.74, 6) is 3.01. The third-order valence-electron chi connectivity index (χ3n) is 5.97. The predicted molar refractivity (Wildman–Crippen MR) is 132 cm³/mol. The number of furan rings is 1. The molecule has 1 unspecified atom stereocenters. The molecule has 4 rings (SSSR count). The molecule has 0 saturated carbocycles. The second-order valence-corrected chi connectivity index (χ2v) is 8.16. The lowest BCUT2D eigenvalue weighted by Gasteiger charge is -2.36. The molecule has 2 aromatic rings. The van der Waals surface area contributed by atoms with Gasteiger partial charge in [0.05, 0.1) is 18.3 Å². The summed E-state index contributed by atoms with van der Waals surface area (Å²) in [5.41, 5.74) is 0.992. The maximum atomic E-state index is 5.99. The molecule has 0 spiro atoms. The summed E-state index contributed by atoms with van der Waals surface area (Å²) >= 11 is 0. The third kappa shape index (κ3) is 6.45. The van der Waals surface area contributed by atoms with Crippen molar-refractivity contribution in [2.75, 3.05) is 52.4 Å². The molecule has 0 radical (unpaired) electrons. The molecule has 2 aliphatic rings. The van der Waals surface area contributed by atoms with E-state index >= 15 is 0 Å². The summed E-state index contributed by atoms with van der Waals surface area (Å²) in [6.07, 6.45) is 4.15. The van der Waals surface area contributed by atoms with E-state index in [2.05, 4.69) is 44.2 Å². The van der Waals surface area contributed by atoms with Gasteiger partial charge < -0.3 is 19.2 Å². The molecule has 31 heavy (non-hydrogen) atoms. The van der Waals surface area contributed by atoms with E-state index in [1.807, 2.05) is 13.0 Å². The van der Waals surface area contributed by atoms with E-state index in [9.17, 15) is 0 Å². The Morgan fingerprint density at radius 2 is 1.90 bits per heavy atom. The van der Waals surface area contributed by atoms with E-state index in [0.29, 0.717) is 6.54 Å². The molecule has 2 fully saturated rings. The van der Waals surface area contributed by atoms with Crippen LogP contribution in [0.1, 0.15) is 43.0 Å². The fourth-order valence-corrected chi connectivity index (χ4v) is 4.34. The van der Waals surface area contributed by atoms with E-state index < -0.39 is 0 Å². The monoisotopic (exact) mass is 542 g/mol. The molecule has 0 aromatic carbocycles. The number of aryl methyl sites for hydroxylation is 1. The minimum absolute atomic E-state index is 0. The second kappa shape index (κ2) is 11.9. The molecule has 8 nitrogen and oxygen atoms in total. The Hall–Kier alpha value is -1.59. The number of hydrogen-bond donors (Lipinski definition) is 1. The number of likely N-dealkylation sites (tertiary alicyclic amines) is 1. The number of nitrogens with one attached hydrogen (secondary N) is 1. The van der Waals surface area contributed by atoms with Crippen LogP contribution in [0.25, 0.3) is 0 Å². The first-order valence-electron chi connectivity index (χ1n) is 11.2. The van der Waals surface area contributed by atoms with E-state index in [0.717, 1.165) is 75.5 Å². The Balaban J connectivity index is 0.00000272. The van der Waals surface area contributed by atoms with Crippen molar-refractivity contribution in [1.82, 2.24) is 25.2 Å². The smallest absolute Gasteiger partial charge is 0.194 e. The van der Waals surface area contributed by atoms with Gasteiger partial charge in [-0.25, -0.2) is 0 Å². The van der Waals surface area contributed by atoms with E-state index in [4.69, 9.17) is 13.9 Å². The summed E-state index contributed by atoms with van der Waals surface area (Å²) in [6, 6.07) is 6.32. The summed E-state index contributed by atoms with van der Waals surface area (Å²) < 4.78 is 10.9. The Morgan fingerprint density at radius 3 is 2.52 bits per heavy atom. The first kappa shape index (κ1) is 24.1. The molecule has 4 heterocycles. The van der Waals surface area contributed by atoms with Gasteiger partial charge in [0.2, 0.25) is 0 Å². The van der Waals surface area contributed by atoms with E-state index in [1.54, 1.807) is 6.26 Å². The Morgan fingerprint density at radius 1 is 1.13 bits per heavy atom. The molecule has 9 heteroatoms. The number of piperazine rings is 1. The number of halogens is 1. The van der Waals surface area contributed by atoms with Crippen LogP contribution in [0.3, 0.4) is 0 Å². The summed E-state index contributed by atoms with van der Waals surface area (Å²) in [7, 11) is 0. The van der Waals surface area contributed by atoms with E-state index in [-0.39, 0.29) is 30.0 Å². The van der Waals surface area contributed by atoms with Crippen LogP contribution < -0.4 is 5.32 Å². The Kier molecular flexibility index (Phi) is 9.21. The lowest BCUT2D eigenvalue weighted by Crippen LogP contribution is -2.52. The fourth-order valence-electron chi connectivity index (χ4n) is 4.34. The van der Waals surface area contributed by atoms with Crippen LogP contribution >= 0.6 is 24.0 Å². The van der Waals surface area contributed by atoms with Crippen LogP contribution in [0, 0.1) is 6.92 Å². The largest absolute Gasteiger partial charge is 0.465 e. The number of rotatable bonds is 7. The summed E-state index contributed by atoms with van der Waals surface area (Å²) in [6.45, 7) is 12.7. The van der Waals surface area contributed by atoms with E-state index in [1.165, 1.54) is 12.8 Å². The zero-order valence-electron chi connectivity index (χ0n) is 18.6. The molecule has 0 bridgehead atoms. The van der Waals surface area contributed by atoms with Crippen LogP contribution in [0.15, 0.2) is 38.4 Å². The minimum atomic E-state index is 0. The van der Waals surface area contributed by atoms with Gasteiger partial charge in [-0.15, -0.1) is 24.0 Å². The van der Waals surface area contributed by atoms with Gasteiger partial charge in [-0.1, -0.05) is 5.16 Å². The highest BCUT2D eigenvalue weighted by Crippen LogP contribution is 2.27. The van der Waals surface area contributed by atoms with Gasteiger partial charge in [-0.05, 0) is 51.9 Å². The van der Waals surface area contributed by atoms with Crippen molar-refractivity contribution < 1.29 is 8.94 Å². The molecular formula is C22H35IN6O2. The molecule has 1 N–H and O–H groups in total. The summed E-state index contributed by atoms with van der Waals surface area (Å²) in [5, 5.41) is 7.53. The highest BCUT2D eigenvalue weighted by molar-refractivity contribution is 14.0. The maximum Gasteiger partial charge on any atom is 0.194 e. The van der Waals surface area contributed by atoms with Gasteiger partial charge in [0.1, 0.15) is 17.8 Å². The van der Waals surface area contributed by atoms with Crippen molar-refractivity contribution in [3.63, 3.8) is 0 Å². The standard InChI is InChI=1S/C22H34N6O2.HI/c1-3-23-22(28-13-11-26(12-14-28)17-19-8-15-29-25-19)24-16-20(27-9-4-5-10-27)21-7-6-18(2)30-21;/h6-8,15,20H,3-5,9-14,16-17H2,1-2H3,(H,23,24);1H. The number of hydrogen-bond acceptors (Lipinski definition) is 6. The van der Waals surface area contributed by atoms with Crippen molar-refractivity contribution in [2.45, 2.75) is 39.3 Å². The lowest BCUT2D eigenvalue weighted by atomic mass is 10.2. The quantitative estimate of drug-likeness (QED) is 0.328. The fraction of sp³-hybridized carbons (Fsp3) is 0.636. The lowest BCUT2D eigenvalue weighted by molar-refractivity contribution is 0.168. The average Bonchev–Trinajstić information content (AvgIpc) is 3.52. The normalized spacial score (nSPS) is 19.4. The third-order valence-corrected chi connectivity index (χ3v) is 5.97. The average molecular weight is 542 g/mol. The van der Waals surface area contributed by atoms with Crippen molar-refractivity contribution in [3.05, 3.63) is 41.7 Å². The van der Waals surface area contributed by atoms with Gasteiger partial charge in [0, 0.05) is 45.3 Å². The Labute approximate surface area is 202 Å². The number of aliphatic imine (C=N–C) groups is 1. The van der Waals surface area contributed by atoms with Crippen molar-refractivity contribution in [1.29, 1.82) is 0 Å². The highest BCUT2D eigenvalue weighted by atomic mass is 127. The van der Waals surface area contributed by atoms with Gasteiger partial charge >= 0.3 is 0 Å². The SMILES string of the molecule is CCNC(=NCC(c1ccc(C)o1)N1CCCC1)N1CCN(Cc2ccon2)CC1.I. The molecular weight excluding hydrogens is 507 g/mol. The Bertz CT molecular complexity index is 795. The maximum absolute atomic E-state index is 5.99. The first-order chi connectivity index (χ1) is 14.7. The van der Waals surface area contributed by atoms with Gasteiger partial charge in [0.15, 0.2) is 5.96 Å². The molecule has 2 aromatic heterocycles. The first-order valence-corrected chi connectivity index (χ1v) is 11.2. The van der Waals surface area contributed by atoms with Crippen molar-refractivity contribution >= 4 is 29.9 Å². The molecule has 2 saturated heterocycles. The number of nitrogens with zero attached hydrogens (tertiary/aromatic N) is 5. The van der Waals surface area contributed by atoms with Crippen LogP contribution in [-0.2, 0) is 6.54 Å². The predicted octanol–water partition coefficient (Wildman–Crippen LogP) is 3.11. The van der Waals surface area contributed by atoms with Crippen LogP contribution in [0.4, 0.5) is 0 Å². The summed E-state index contributed by atoms with van der Waals surface area (Å²) in [4.78, 5) is 12.4. The number of guanidine groups is 1.